The molecule has 0 aliphatic heterocycles. The van der Waals surface area contributed by atoms with Gasteiger partial charge in [0, 0.05) is 17.1 Å². The molecule has 0 saturated heterocycles. The Bertz CT molecular complexity index is 894. The zero-order chi connectivity index (χ0) is 17.8. The first-order chi connectivity index (χ1) is 12.1. The van der Waals surface area contributed by atoms with Crippen molar-refractivity contribution in [3.05, 3.63) is 70.6 Å². The molecule has 0 bridgehead atoms. The number of aromatic nitrogens is 2. The maximum atomic E-state index is 13.0. The van der Waals surface area contributed by atoms with Crippen LogP contribution in [0.2, 0.25) is 5.02 Å². The summed E-state index contributed by atoms with van der Waals surface area (Å²) in [6.45, 7) is 0.189. The summed E-state index contributed by atoms with van der Waals surface area (Å²) in [5.41, 5.74) is 2.46. The monoisotopic (exact) mass is 359 g/mol. The van der Waals surface area contributed by atoms with Crippen LogP contribution in [0.5, 0.6) is 5.75 Å². The van der Waals surface area contributed by atoms with E-state index in [0.717, 1.165) is 11.3 Å². The van der Waals surface area contributed by atoms with E-state index < -0.39 is 5.82 Å². The molecule has 0 unspecified atom stereocenters. The van der Waals surface area contributed by atoms with E-state index in [2.05, 4.69) is 15.5 Å². The number of hydrogen-bond donors (Lipinski definition) is 2. The fraction of sp³-hybridized carbons (Fsp3) is 0.111. The molecule has 1 heterocycles. The molecule has 0 spiro atoms. The normalized spacial score (nSPS) is 10.5. The number of nitrogens with one attached hydrogen (secondary N) is 2. The van der Waals surface area contributed by atoms with Crippen LogP contribution in [-0.2, 0) is 6.54 Å². The fourth-order valence-corrected chi connectivity index (χ4v) is 2.52. The third-order valence-electron chi connectivity index (χ3n) is 3.66. The van der Waals surface area contributed by atoms with Crippen molar-refractivity contribution < 1.29 is 13.9 Å². The van der Waals surface area contributed by atoms with Gasteiger partial charge in [-0.3, -0.25) is 9.89 Å². The van der Waals surface area contributed by atoms with E-state index in [0.29, 0.717) is 17.0 Å². The smallest absolute Gasteiger partial charge is 0.269 e. The van der Waals surface area contributed by atoms with Gasteiger partial charge >= 0.3 is 0 Å². The van der Waals surface area contributed by atoms with Gasteiger partial charge in [0.1, 0.15) is 17.3 Å². The highest BCUT2D eigenvalue weighted by Crippen LogP contribution is 2.21. The van der Waals surface area contributed by atoms with Gasteiger partial charge in [0.15, 0.2) is 0 Å². The van der Waals surface area contributed by atoms with Gasteiger partial charge < -0.3 is 10.1 Å². The molecule has 1 amide bonds. The van der Waals surface area contributed by atoms with E-state index in [4.69, 9.17) is 16.3 Å². The van der Waals surface area contributed by atoms with Gasteiger partial charge in [0.25, 0.3) is 5.91 Å². The second-order valence-electron chi connectivity index (χ2n) is 5.31. The number of carbonyl (C=O) groups excluding carboxylic acids is 1. The van der Waals surface area contributed by atoms with Crippen LogP contribution < -0.4 is 10.1 Å². The molecule has 0 radical (unpaired) electrons. The minimum absolute atomic E-state index is 0.189. The first-order valence-electron chi connectivity index (χ1n) is 7.49. The molecule has 5 nitrogen and oxygen atoms in total. The van der Waals surface area contributed by atoms with E-state index in [-0.39, 0.29) is 17.5 Å². The van der Waals surface area contributed by atoms with Crippen molar-refractivity contribution >= 4 is 17.5 Å². The number of benzene rings is 2. The number of methoxy groups -OCH3 is 1. The highest BCUT2D eigenvalue weighted by Gasteiger charge is 2.12. The van der Waals surface area contributed by atoms with E-state index in [1.165, 1.54) is 18.2 Å². The molecule has 2 N–H and O–H groups in total. The summed E-state index contributed by atoms with van der Waals surface area (Å²) in [6, 6.07) is 13.0. The Morgan fingerprint density at radius 3 is 2.68 bits per heavy atom. The van der Waals surface area contributed by atoms with Crippen molar-refractivity contribution in [1.29, 1.82) is 0 Å². The predicted molar refractivity (Wildman–Crippen MR) is 93.2 cm³/mol. The SMILES string of the molecule is COc1ccc(-c2cc(C(=O)NCc3ccc(F)cc3Cl)[nH]n2)cc1. The minimum Gasteiger partial charge on any atom is -0.497 e. The van der Waals surface area contributed by atoms with Gasteiger partial charge in [0.05, 0.1) is 12.8 Å². The number of H-pyrrole nitrogens is 1. The summed E-state index contributed by atoms with van der Waals surface area (Å²) in [5, 5.41) is 9.84. The van der Waals surface area contributed by atoms with Crippen molar-refractivity contribution in [3.8, 4) is 17.0 Å². The molecule has 128 valence electrons. The first kappa shape index (κ1) is 17.0. The van der Waals surface area contributed by atoms with Crippen LogP contribution >= 0.6 is 11.6 Å². The van der Waals surface area contributed by atoms with Gasteiger partial charge in [-0.15, -0.1) is 0 Å². The van der Waals surface area contributed by atoms with Gasteiger partial charge in [-0.2, -0.15) is 5.10 Å². The fourth-order valence-electron chi connectivity index (χ4n) is 2.28. The zero-order valence-corrected chi connectivity index (χ0v) is 14.1. The Kier molecular flexibility index (Phi) is 5.00. The lowest BCUT2D eigenvalue weighted by Crippen LogP contribution is -2.23. The molecule has 7 heteroatoms. The summed E-state index contributed by atoms with van der Waals surface area (Å²) in [4.78, 5) is 12.2. The Labute approximate surface area is 148 Å². The standard InChI is InChI=1S/C18H15ClFN3O2/c1-25-14-6-3-11(4-7-14)16-9-17(23-22-16)18(24)21-10-12-2-5-13(20)8-15(12)19/h2-9H,10H2,1H3,(H,21,24)(H,22,23). The Morgan fingerprint density at radius 1 is 1.24 bits per heavy atom. The number of halogens is 2. The first-order valence-corrected chi connectivity index (χ1v) is 7.86. The highest BCUT2D eigenvalue weighted by atomic mass is 35.5. The zero-order valence-electron chi connectivity index (χ0n) is 13.3. The van der Waals surface area contributed by atoms with Crippen LogP contribution in [0, 0.1) is 5.82 Å². The third-order valence-corrected chi connectivity index (χ3v) is 4.01. The summed E-state index contributed by atoms with van der Waals surface area (Å²) in [6.07, 6.45) is 0. The molecule has 2 aromatic carbocycles. The van der Waals surface area contributed by atoms with Crippen molar-refractivity contribution in [1.82, 2.24) is 15.5 Å². The average molecular weight is 360 g/mol. The lowest BCUT2D eigenvalue weighted by Gasteiger charge is -2.05. The average Bonchev–Trinajstić information content (AvgIpc) is 3.11. The minimum atomic E-state index is -0.419. The van der Waals surface area contributed by atoms with Gasteiger partial charge in [-0.05, 0) is 48.0 Å². The molecule has 0 fully saturated rings. The van der Waals surface area contributed by atoms with Crippen LogP contribution in [0.4, 0.5) is 4.39 Å². The molecular formula is C18H15ClFN3O2. The highest BCUT2D eigenvalue weighted by molar-refractivity contribution is 6.31. The third kappa shape index (κ3) is 3.97. The summed E-state index contributed by atoms with van der Waals surface area (Å²) < 4.78 is 18.1. The van der Waals surface area contributed by atoms with Gasteiger partial charge in [-0.25, -0.2) is 4.39 Å². The quantitative estimate of drug-likeness (QED) is 0.728. The van der Waals surface area contributed by atoms with Gasteiger partial charge in [0.2, 0.25) is 0 Å². The van der Waals surface area contributed by atoms with Crippen molar-refractivity contribution in [2.75, 3.05) is 7.11 Å². The van der Waals surface area contributed by atoms with E-state index >= 15 is 0 Å². The molecular weight excluding hydrogens is 345 g/mol. The number of hydrogen-bond acceptors (Lipinski definition) is 3. The summed E-state index contributed by atoms with van der Waals surface area (Å²) in [5.74, 6) is -0.00106. The number of amides is 1. The number of aromatic amines is 1. The van der Waals surface area contributed by atoms with Gasteiger partial charge in [-0.1, -0.05) is 17.7 Å². The molecule has 0 aliphatic carbocycles. The molecule has 3 rings (SSSR count). The summed E-state index contributed by atoms with van der Waals surface area (Å²) in [7, 11) is 1.60. The molecule has 1 aromatic heterocycles. The molecule has 0 aliphatic rings. The summed E-state index contributed by atoms with van der Waals surface area (Å²) >= 11 is 5.95. The Balaban J connectivity index is 1.67. The Hall–Kier alpha value is -2.86. The van der Waals surface area contributed by atoms with Crippen LogP contribution in [0.25, 0.3) is 11.3 Å². The van der Waals surface area contributed by atoms with Crippen LogP contribution in [0.15, 0.2) is 48.5 Å². The second-order valence-corrected chi connectivity index (χ2v) is 5.72. The number of carbonyl (C=O) groups is 1. The Morgan fingerprint density at radius 2 is 2.00 bits per heavy atom. The second kappa shape index (κ2) is 7.36. The molecule has 0 saturated carbocycles. The molecule has 3 aromatic rings. The maximum Gasteiger partial charge on any atom is 0.269 e. The van der Waals surface area contributed by atoms with Crippen LogP contribution in [0.1, 0.15) is 16.1 Å². The van der Waals surface area contributed by atoms with Crippen LogP contribution in [0.3, 0.4) is 0 Å². The van der Waals surface area contributed by atoms with E-state index in [1.807, 2.05) is 24.3 Å². The van der Waals surface area contributed by atoms with Crippen LogP contribution in [-0.4, -0.2) is 23.2 Å². The number of rotatable bonds is 5. The number of nitrogens with zero attached hydrogens (tertiary/aromatic N) is 1. The van der Waals surface area contributed by atoms with Crippen molar-refractivity contribution in [2.24, 2.45) is 0 Å². The lowest BCUT2D eigenvalue weighted by molar-refractivity contribution is 0.0946. The topological polar surface area (TPSA) is 67.0 Å². The molecule has 0 atom stereocenters. The molecule has 25 heavy (non-hydrogen) atoms. The number of ether oxygens (including phenoxy) is 1. The maximum absolute atomic E-state index is 13.0. The van der Waals surface area contributed by atoms with E-state index in [9.17, 15) is 9.18 Å². The van der Waals surface area contributed by atoms with Crippen molar-refractivity contribution in [2.45, 2.75) is 6.54 Å². The van der Waals surface area contributed by atoms with Crippen molar-refractivity contribution in [3.63, 3.8) is 0 Å². The lowest BCUT2D eigenvalue weighted by atomic mass is 10.1. The van der Waals surface area contributed by atoms with E-state index in [1.54, 1.807) is 13.2 Å². The predicted octanol–water partition coefficient (Wildman–Crippen LogP) is 3.81. The largest absolute Gasteiger partial charge is 0.497 e.